The molecular formula is C6H13N3. The number of nitrogens with zero attached hydrogens (tertiary/aromatic N) is 1. The summed E-state index contributed by atoms with van der Waals surface area (Å²) in [6.45, 7) is 3.37. The van der Waals surface area contributed by atoms with Gasteiger partial charge in [0, 0.05) is 19.1 Å². The van der Waals surface area contributed by atoms with E-state index in [1.807, 2.05) is 0 Å². The Kier molecular flexibility index (Phi) is 1.41. The van der Waals surface area contributed by atoms with Gasteiger partial charge in [0.05, 0.1) is 6.67 Å². The molecule has 9 heavy (non-hydrogen) atoms. The lowest BCUT2D eigenvalue weighted by Gasteiger charge is -2.28. The third-order valence-corrected chi connectivity index (χ3v) is 2.13. The Morgan fingerprint density at radius 2 is 2.44 bits per heavy atom. The fourth-order valence-electron chi connectivity index (χ4n) is 1.59. The van der Waals surface area contributed by atoms with Gasteiger partial charge in [0.25, 0.3) is 0 Å². The zero-order chi connectivity index (χ0) is 6.10. The van der Waals surface area contributed by atoms with Crippen molar-refractivity contribution in [3.8, 4) is 0 Å². The molecule has 2 rings (SSSR count). The summed E-state index contributed by atoms with van der Waals surface area (Å²) in [7, 11) is 0. The molecule has 2 saturated heterocycles. The van der Waals surface area contributed by atoms with E-state index in [0.717, 1.165) is 19.3 Å². The number of hydrazine groups is 1. The van der Waals surface area contributed by atoms with Crippen LogP contribution in [0.1, 0.15) is 12.8 Å². The molecule has 0 aliphatic carbocycles. The molecule has 0 saturated carbocycles. The molecule has 2 N–H and O–H groups in total. The minimum Gasteiger partial charge on any atom is -0.302 e. The molecular weight excluding hydrogens is 114 g/mol. The van der Waals surface area contributed by atoms with Crippen molar-refractivity contribution >= 4 is 0 Å². The van der Waals surface area contributed by atoms with E-state index in [-0.39, 0.29) is 0 Å². The molecule has 3 nitrogen and oxygen atoms in total. The summed E-state index contributed by atoms with van der Waals surface area (Å²) in [5.74, 6) is 0. The van der Waals surface area contributed by atoms with Crippen molar-refractivity contribution in [3.63, 3.8) is 0 Å². The van der Waals surface area contributed by atoms with Gasteiger partial charge < -0.3 is 5.32 Å². The van der Waals surface area contributed by atoms with E-state index >= 15 is 0 Å². The standard InChI is InChI=1S/C6H13N3/c1-2-6-4-7-5-9(6)8-3-1/h6-8H,1-5H2. The highest BCUT2D eigenvalue weighted by Gasteiger charge is 2.25. The van der Waals surface area contributed by atoms with Crippen molar-refractivity contribution in [2.75, 3.05) is 19.8 Å². The lowest BCUT2D eigenvalue weighted by Crippen LogP contribution is -2.46. The number of rotatable bonds is 0. The first-order chi connectivity index (χ1) is 4.47. The molecule has 0 aromatic heterocycles. The van der Waals surface area contributed by atoms with E-state index in [1.54, 1.807) is 0 Å². The van der Waals surface area contributed by atoms with Gasteiger partial charge in [-0.3, -0.25) is 5.43 Å². The third kappa shape index (κ3) is 0.956. The molecule has 2 aliphatic rings. The van der Waals surface area contributed by atoms with Gasteiger partial charge in [-0.1, -0.05) is 0 Å². The highest BCUT2D eigenvalue weighted by Crippen LogP contribution is 2.11. The maximum absolute atomic E-state index is 3.35. The van der Waals surface area contributed by atoms with Gasteiger partial charge in [-0.15, -0.1) is 0 Å². The van der Waals surface area contributed by atoms with E-state index in [9.17, 15) is 0 Å². The van der Waals surface area contributed by atoms with Gasteiger partial charge in [-0.25, -0.2) is 5.01 Å². The third-order valence-electron chi connectivity index (χ3n) is 2.13. The van der Waals surface area contributed by atoms with Gasteiger partial charge in [-0.05, 0) is 12.8 Å². The number of nitrogens with one attached hydrogen (secondary N) is 2. The molecule has 2 fully saturated rings. The van der Waals surface area contributed by atoms with Crippen LogP contribution in [0.5, 0.6) is 0 Å². The van der Waals surface area contributed by atoms with Gasteiger partial charge in [0.2, 0.25) is 0 Å². The van der Waals surface area contributed by atoms with E-state index in [1.165, 1.54) is 19.4 Å². The van der Waals surface area contributed by atoms with Crippen LogP contribution in [0.2, 0.25) is 0 Å². The molecule has 0 amide bonds. The lowest BCUT2D eigenvalue weighted by atomic mass is 10.1. The maximum Gasteiger partial charge on any atom is 0.0625 e. The summed E-state index contributed by atoms with van der Waals surface area (Å²) in [5, 5.41) is 5.64. The van der Waals surface area contributed by atoms with Crippen LogP contribution in [-0.2, 0) is 0 Å². The second kappa shape index (κ2) is 2.25. The van der Waals surface area contributed by atoms with Gasteiger partial charge >= 0.3 is 0 Å². The van der Waals surface area contributed by atoms with Crippen molar-refractivity contribution in [2.24, 2.45) is 0 Å². The largest absolute Gasteiger partial charge is 0.302 e. The van der Waals surface area contributed by atoms with Crippen molar-refractivity contribution in [3.05, 3.63) is 0 Å². The molecule has 52 valence electrons. The van der Waals surface area contributed by atoms with E-state index < -0.39 is 0 Å². The van der Waals surface area contributed by atoms with Crippen LogP contribution in [-0.4, -0.2) is 30.8 Å². The van der Waals surface area contributed by atoms with Crippen LogP contribution in [0.3, 0.4) is 0 Å². The lowest BCUT2D eigenvalue weighted by molar-refractivity contribution is 0.130. The second-order valence-corrected chi connectivity index (χ2v) is 2.79. The maximum atomic E-state index is 3.35. The normalized spacial score (nSPS) is 36.7. The summed E-state index contributed by atoms with van der Waals surface area (Å²) >= 11 is 0. The zero-order valence-corrected chi connectivity index (χ0v) is 5.56. The average Bonchev–Trinajstić information content (AvgIpc) is 2.33. The fraction of sp³-hybridized carbons (Fsp3) is 1.00. The predicted octanol–water partition coefficient (Wildman–Crippen LogP) is -0.484. The highest BCUT2D eigenvalue weighted by atomic mass is 15.6. The quantitative estimate of drug-likeness (QED) is 0.460. The van der Waals surface area contributed by atoms with Gasteiger partial charge in [-0.2, -0.15) is 0 Å². The van der Waals surface area contributed by atoms with E-state index in [4.69, 9.17) is 0 Å². The Labute approximate surface area is 55.4 Å². The summed E-state index contributed by atoms with van der Waals surface area (Å²) in [6.07, 6.45) is 2.70. The Morgan fingerprint density at radius 1 is 1.44 bits per heavy atom. The number of fused-ring (bicyclic) bond motifs is 1. The Bertz CT molecular complexity index is 92.5. The minimum absolute atomic E-state index is 0.777. The predicted molar refractivity (Wildman–Crippen MR) is 35.7 cm³/mol. The average molecular weight is 127 g/mol. The van der Waals surface area contributed by atoms with Crippen molar-refractivity contribution in [2.45, 2.75) is 18.9 Å². The molecule has 0 bridgehead atoms. The summed E-state index contributed by atoms with van der Waals surface area (Å²) < 4.78 is 0. The van der Waals surface area contributed by atoms with Crippen molar-refractivity contribution in [1.82, 2.24) is 15.8 Å². The monoisotopic (exact) mass is 127 g/mol. The molecule has 1 unspecified atom stereocenters. The molecule has 0 spiro atoms. The topological polar surface area (TPSA) is 27.3 Å². The molecule has 2 heterocycles. The van der Waals surface area contributed by atoms with Gasteiger partial charge in [0.1, 0.15) is 0 Å². The number of hydrogen-bond acceptors (Lipinski definition) is 3. The Balaban J connectivity index is 1.97. The minimum atomic E-state index is 0.777. The van der Waals surface area contributed by atoms with Crippen LogP contribution in [0.4, 0.5) is 0 Å². The molecule has 3 heteroatoms. The summed E-state index contributed by atoms with van der Waals surface area (Å²) in [4.78, 5) is 0. The van der Waals surface area contributed by atoms with E-state index in [0.29, 0.717) is 0 Å². The second-order valence-electron chi connectivity index (χ2n) is 2.79. The number of hydrogen-bond donors (Lipinski definition) is 2. The SMILES string of the molecule is C1CNN2CNCC2C1. The fourth-order valence-corrected chi connectivity index (χ4v) is 1.59. The van der Waals surface area contributed by atoms with E-state index in [2.05, 4.69) is 15.8 Å². The van der Waals surface area contributed by atoms with Crippen molar-refractivity contribution < 1.29 is 0 Å². The first kappa shape index (κ1) is 5.65. The van der Waals surface area contributed by atoms with Gasteiger partial charge in [0.15, 0.2) is 0 Å². The first-order valence-corrected chi connectivity index (χ1v) is 3.68. The summed E-state index contributed by atoms with van der Waals surface area (Å²) in [5.41, 5.74) is 3.35. The smallest absolute Gasteiger partial charge is 0.0625 e. The molecule has 0 aromatic carbocycles. The molecule has 2 aliphatic heterocycles. The first-order valence-electron chi connectivity index (χ1n) is 3.68. The van der Waals surface area contributed by atoms with Crippen LogP contribution >= 0.6 is 0 Å². The van der Waals surface area contributed by atoms with Crippen LogP contribution in [0.15, 0.2) is 0 Å². The Hall–Kier alpha value is -0.120. The highest BCUT2D eigenvalue weighted by molar-refractivity contribution is 4.80. The molecule has 0 aromatic rings. The van der Waals surface area contributed by atoms with Crippen LogP contribution < -0.4 is 10.7 Å². The zero-order valence-electron chi connectivity index (χ0n) is 5.56. The summed E-state index contributed by atoms with van der Waals surface area (Å²) in [6, 6.07) is 0.777. The van der Waals surface area contributed by atoms with Crippen molar-refractivity contribution in [1.29, 1.82) is 0 Å². The Morgan fingerprint density at radius 3 is 3.33 bits per heavy atom. The van der Waals surface area contributed by atoms with Crippen LogP contribution in [0, 0.1) is 0 Å². The molecule has 0 radical (unpaired) electrons. The molecule has 1 atom stereocenters. The van der Waals surface area contributed by atoms with Crippen LogP contribution in [0.25, 0.3) is 0 Å².